The van der Waals surface area contributed by atoms with E-state index in [4.69, 9.17) is 4.18 Å². The van der Waals surface area contributed by atoms with E-state index in [9.17, 15) is 8.42 Å². The maximum atomic E-state index is 11.4. The molecule has 4 nitrogen and oxygen atoms in total. The molecule has 0 bridgehead atoms. The van der Waals surface area contributed by atoms with Crippen molar-refractivity contribution in [3.05, 3.63) is 36.0 Å². The number of benzene rings is 1. The van der Waals surface area contributed by atoms with Crippen LogP contribution in [0.25, 0.3) is 10.9 Å². The first kappa shape index (κ1) is 14.1. The quantitative estimate of drug-likeness (QED) is 0.826. The van der Waals surface area contributed by atoms with Crippen molar-refractivity contribution in [2.45, 2.75) is 32.3 Å². The minimum atomic E-state index is -3.46. The normalized spacial score (nSPS) is 13.8. The Balaban J connectivity index is 2.36. The lowest BCUT2D eigenvalue weighted by Crippen LogP contribution is -2.10. The van der Waals surface area contributed by atoms with E-state index in [2.05, 4.69) is 11.9 Å². The van der Waals surface area contributed by atoms with E-state index < -0.39 is 16.2 Å². The zero-order chi connectivity index (χ0) is 13.9. The molecule has 0 saturated carbocycles. The molecule has 0 radical (unpaired) electrons. The van der Waals surface area contributed by atoms with Crippen LogP contribution in [0.2, 0.25) is 0 Å². The zero-order valence-corrected chi connectivity index (χ0v) is 12.0. The fourth-order valence-electron chi connectivity index (χ4n) is 2.22. The number of unbranched alkanes of at least 4 members (excludes halogenated alkanes) is 1. The van der Waals surface area contributed by atoms with Gasteiger partial charge in [0.05, 0.1) is 6.26 Å². The van der Waals surface area contributed by atoms with E-state index >= 15 is 0 Å². The molecule has 1 atom stereocenters. The predicted octanol–water partition coefficient (Wildman–Crippen LogP) is 3.38. The third-order valence-corrected chi connectivity index (χ3v) is 3.66. The fourth-order valence-corrected chi connectivity index (χ4v) is 2.84. The van der Waals surface area contributed by atoms with Gasteiger partial charge in [-0.1, -0.05) is 38.0 Å². The van der Waals surface area contributed by atoms with Gasteiger partial charge in [0.1, 0.15) is 6.10 Å². The molecule has 1 unspecified atom stereocenters. The van der Waals surface area contributed by atoms with E-state index in [0.29, 0.717) is 6.42 Å². The Morgan fingerprint density at radius 1 is 1.32 bits per heavy atom. The molecule has 2 aromatic rings. The van der Waals surface area contributed by atoms with Gasteiger partial charge in [-0.05, 0) is 12.5 Å². The molecular weight excluding hydrogens is 262 g/mol. The minimum Gasteiger partial charge on any atom is -0.361 e. The van der Waals surface area contributed by atoms with E-state index in [-0.39, 0.29) is 0 Å². The molecule has 1 aromatic carbocycles. The summed E-state index contributed by atoms with van der Waals surface area (Å²) in [5, 5.41) is 1.02. The van der Waals surface area contributed by atoms with E-state index in [1.165, 1.54) is 0 Å². The fraction of sp³-hybridized carbons (Fsp3) is 0.429. The van der Waals surface area contributed by atoms with E-state index in [1.807, 2.05) is 30.5 Å². The zero-order valence-electron chi connectivity index (χ0n) is 11.2. The number of rotatable bonds is 6. The second-order valence-corrected chi connectivity index (χ2v) is 6.32. The first-order valence-corrected chi connectivity index (χ1v) is 8.27. The van der Waals surface area contributed by atoms with Crippen LogP contribution >= 0.6 is 0 Å². The van der Waals surface area contributed by atoms with Crippen molar-refractivity contribution >= 4 is 21.0 Å². The number of para-hydroxylation sites is 1. The van der Waals surface area contributed by atoms with Crippen molar-refractivity contribution in [3.8, 4) is 0 Å². The molecule has 1 N–H and O–H groups in total. The Labute approximate surface area is 113 Å². The average molecular weight is 281 g/mol. The molecule has 0 saturated heterocycles. The van der Waals surface area contributed by atoms with Crippen LogP contribution in [0.1, 0.15) is 37.9 Å². The third-order valence-electron chi connectivity index (χ3n) is 3.08. The SMILES string of the molecule is CCCCC(OS(C)(=O)=O)c1c[nH]c2ccccc12. The van der Waals surface area contributed by atoms with Gasteiger partial charge in [-0.15, -0.1) is 0 Å². The largest absolute Gasteiger partial charge is 0.361 e. The van der Waals surface area contributed by atoms with Gasteiger partial charge in [0.15, 0.2) is 0 Å². The Morgan fingerprint density at radius 3 is 2.74 bits per heavy atom. The lowest BCUT2D eigenvalue weighted by atomic mass is 10.0. The van der Waals surface area contributed by atoms with Crippen LogP contribution in [0.3, 0.4) is 0 Å². The number of fused-ring (bicyclic) bond motifs is 1. The van der Waals surface area contributed by atoms with Crippen molar-refractivity contribution < 1.29 is 12.6 Å². The molecule has 0 aliphatic rings. The Bertz CT molecular complexity index is 646. The number of hydrogen-bond acceptors (Lipinski definition) is 3. The topological polar surface area (TPSA) is 59.2 Å². The van der Waals surface area contributed by atoms with Crippen molar-refractivity contribution in [1.82, 2.24) is 4.98 Å². The third kappa shape index (κ3) is 3.58. The highest BCUT2D eigenvalue weighted by molar-refractivity contribution is 7.86. The van der Waals surface area contributed by atoms with Crippen LogP contribution in [0.5, 0.6) is 0 Å². The summed E-state index contributed by atoms with van der Waals surface area (Å²) < 4.78 is 28.1. The number of nitrogens with one attached hydrogen (secondary N) is 1. The van der Waals surface area contributed by atoms with Crippen LogP contribution < -0.4 is 0 Å². The summed E-state index contributed by atoms with van der Waals surface area (Å²) in [6.45, 7) is 2.08. The predicted molar refractivity (Wildman–Crippen MR) is 76.5 cm³/mol. The second kappa shape index (κ2) is 5.75. The monoisotopic (exact) mass is 281 g/mol. The molecular formula is C14H19NO3S. The molecule has 104 valence electrons. The standard InChI is InChI=1S/C14H19NO3S/c1-3-4-9-14(18-19(2,16)17)12-10-15-13-8-6-5-7-11(12)13/h5-8,10,14-15H,3-4,9H2,1-2H3. The summed E-state index contributed by atoms with van der Waals surface area (Å²) in [4.78, 5) is 3.16. The Hall–Kier alpha value is -1.33. The molecule has 0 spiro atoms. The lowest BCUT2D eigenvalue weighted by molar-refractivity contribution is 0.203. The smallest absolute Gasteiger partial charge is 0.264 e. The number of H-pyrrole nitrogens is 1. The molecule has 0 aliphatic carbocycles. The van der Waals surface area contributed by atoms with Crippen LogP contribution in [-0.4, -0.2) is 19.7 Å². The first-order valence-electron chi connectivity index (χ1n) is 6.45. The number of aromatic amines is 1. The Kier molecular flexibility index (Phi) is 4.27. The average Bonchev–Trinajstić information content (AvgIpc) is 2.77. The summed E-state index contributed by atoms with van der Waals surface area (Å²) in [6, 6.07) is 7.83. The van der Waals surface area contributed by atoms with Gasteiger partial charge in [-0.2, -0.15) is 8.42 Å². The molecule has 0 fully saturated rings. The Morgan fingerprint density at radius 2 is 2.05 bits per heavy atom. The highest BCUT2D eigenvalue weighted by Gasteiger charge is 2.20. The van der Waals surface area contributed by atoms with Crippen molar-refractivity contribution in [2.75, 3.05) is 6.26 Å². The summed E-state index contributed by atoms with van der Waals surface area (Å²) in [6.07, 6.45) is 5.17. The van der Waals surface area contributed by atoms with E-state index in [0.717, 1.165) is 35.6 Å². The molecule has 19 heavy (non-hydrogen) atoms. The molecule has 0 aliphatic heterocycles. The lowest BCUT2D eigenvalue weighted by Gasteiger charge is -2.15. The van der Waals surface area contributed by atoms with E-state index in [1.54, 1.807) is 0 Å². The summed E-state index contributed by atoms with van der Waals surface area (Å²) >= 11 is 0. The van der Waals surface area contributed by atoms with Gasteiger partial charge in [-0.25, -0.2) is 0 Å². The van der Waals surface area contributed by atoms with Crippen LogP contribution in [0.4, 0.5) is 0 Å². The first-order chi connectivity index (χ1) is 9.01. The van der Waals surface area contributed by atoms with Crippen LogP contribution in [-0.2, 0) is 14.3 Å². The van der Waals surface area contributed by atoms with Gasteiger partial charge in [0, 0.05) is 22.7 Å². The number of hydrogen-bond donors (Lipinski definition) is 1. The molecule has 0 amide bonds. The number of aromatic nitrogens is 1. The van der Waals surface area contributed by atoms with Gasteiger partial charge >= 0.3 is 0 Å². The molecule has 1 aromatic heterocycles. The summed E-state index contributed by atoms with van der Waals surface area (Å²) in [5.74, 6) is 0. The highest BCUT2D eigenvalue weighted by Crippen LogP contribution is 2.31. The van der Waals surface area contributed by atoms with Crippen molar-refractivity contribution in [2.24, 2.45) is 0 Å². The molecule has 5 heteroatoms. The van der Waals surface area contributed by atoms with Crippen molar-refractivity contribution in [1.29, 1.82) is 0 Å². The maximum Gasteiger partial charge on any atom is 0.264 e. The van der Waals surface area contributed by atoms with Crippen LogP contribution in [0, 0.1) is 0 Å². The van der Waals surface area contributed by atoms with Gasteiger partial charge < -0.3 is 4.98 Å². The summed E-state index contributed by atoms with van der Waals surface area (Å²) in [7, 11) is -3.46. The van der Waals surface area contributed by atoms with Crippen LogP contribution in [0.15, 0.2) is 30.5 Å². The van der Waals surface area contributed by atoms with Gasteiger partial charge in [0.25, 0.3) is 10.1 Å². The van der Waals surface area contributed by atoms with Gasteiger partial charge in [-0.3, -0.25) is 4.18 Å². The minimum absolute atomic E-state index is 0.411. The second-order valence-electron chi connectivity index (χ2n) is 4.72. The molecule has 2 rings (SSSR count). The summed E-state index contributed by atoms with van der Waals surface area (Å²) in [5.41, 5.74) is 1.91. The highest BCUT2D eigenvalue weighted by atomic mass is 32.2. The van der Waals surface area contributed by atoms with Gasteiger partial charge in [0.2, 0.25) is 0 Å². The maximum absolute atomic E-state index is 11.4. The molecule has 1 heterocycles. The van der Waals surface area contributed by atoms with Crippen molar-refractivity contribution in [3.63, 3.8) is 0 Å².